The van der Waals surface area contributed by atoms with Gasteiger partial charge in [0.2, 0.25) is 0 Å². The highest BCUT2D eigenvalue weighted by molar-refractivity contribution is 5.69. The second kappa shape index (κ2) is 8.04. The van der Waals surface area contributed by atoms with E-state index in [9.17, 15) is 4.79 Å². The molecule has 0 bridgehead atoms. The van der Waals surface area contributed by atoms with E-state index in [1.54, 1.807) is 0 Å². The molecule has 0 atom stereocenters. The van der Waals surface area contributed by atoms with E-state index in [1.165, 1.54) is 18.3 Å². The van der Waals surface area contributed by atoms with Gasteiger partial charge in [-0.2, -0.15) is 0 Å². The fourth-order valence-corrected chi connectivity index (χ4v) is 1.04. The van der Waals surface area contributed by atoms with Crippen LogP contribution in [0.5, 0.6) is 0 Å². The van der Waals surface area contributed by atoms with Gasteiger partial charge in [-0.05, 0) is 27.2 Å². The summed E-state index contributed by atoms with van der Waals surface area (Å²) in [7, 11) is 1.42. The molecule has 0 aromatic rings. The minimum Gasteiger partial charge on any atom is -0.469 e. The lowest BCUT2D eigenvalue weighted by Crippen LogP contribution is -2.00. The standard InChI is InChI=1S/C13H20O2/c1-5-6-7-8-11(2)12(3)9-10-13(14)15-4/h5-8H,9-10H2,1-4H3/b6-5-,8-7-,12-11+. The number of carbonyl (C=O) groups is 1. The van der Waals surface area contributed by atoms with E-state index in [1.807, 2.05) is 45.1 Å². The summed E-state index contributed by atoms with van der Waals surface area (Å²) in [4.78, 5) is 10.9. The monoisotopic (exact) mass is 208 g/mol. The first-order chi connectivity index (χ1) is 7.11. The van der Waals surface area contributed by atoms with Crippen molar-refractivity contribution in [3.8, 4) is 0 Å². The summed E-state index contributed by atoms with van der Waals surface area (Å²) in [5.41, 5.74) is 2.43. The highest BCUT2D eigenvalue weighted by Crippen LogP contribution is 2.11. The van der Waals surface area contributed by atoms with E-state index in [4.69, 9.17) is 0 Å². The Morgan fingerprint density at radius 2 is 1.87 bits per heavy atom. The predicted octanol–water partition coefficient (Wildman–Crippen LogP) is 3.41. The molecule has 0 N–H and O–H groups in total. The molecule has 2 heteroatoms. The number of esters is 1. The van der Waals surface area contributed by atoms with Gasteiger partial charge in [-0.3, -0.25) is 4.79 Å². The third-order valence-electron chi connectivity index (χ3n) is 2.25. The lowest BCUT2D eigenvalue weighted by atomic mass is 10.1. The second-order valence-electron chi connectivity index (χ2n) is 3.42. The van der Waals surface area contributed by atoms with E-state index >= 15 is 0 Å². The summed E-state index contributed by atoms with van der Waals surface area (Å²) in [5, 5.41) is 0. The minimum atomic E-state index is -0.153. The summed E-state index contributed by atoms with van der Waals surface area (Å²) < 4.78 is 4.59. The average Bonchev–Trinajstić information content (AvgIpc) is 2.25. The first-order valence-electron chi connectivity index (χ1n) is 5.14. The van der Waals surface area contributed by atoms with Crippen LogP contribution >= 0.6 is 0 Å². The second-order valence-corrected chi connectivity index (χ2v) is 3.42. The lowest BCUT2D eigenvalue weighted by molar-refractivity contribution is -0.140. The minimum absolute atomic E-state index is 0.153. The first-order valence-corrected chi connectivity index (χ1v) is 5.14. The molecule has 0 spiro atoms. The number of hydrogen-bond acceptors (Lipinski definition) is 2. The Bertz CT molecular complexity index is 283. The van der Waals surface area contributed by atoms with Gasteiger partial charge < -0.3 is 4.74 Å². The largest absolute Gasteiger partial charge is 0.469 e. The lowest BCUT2D eigenvalue weighted by Gasteiger charge is -2.03. The zero-order chi connectivity index (χ0) is 11.7. The molecule has 0 unspecified atom stereocenters. The summed E-state index contributed by atoms with van der Waals surface area (Å²) in [6, 6.07) is 0. The fraction of sp³-hybridized carbons (Fsp3) is 0.462. The van der Waals surface area contributed by atoms with Crippen LogP contribution in [0.15, 0.2) is 35.5 Å². The molecular weight excluding hydrogens is 188 g/mol. The molecular formula is C13H20O2. The van der Waals surface area contributed by atoms with Gasteiger partial charge in [-0.15, -0.1) is 0 Å². The van der Waals surface area contributed by atoms with Crippen LogP contribution in [0.1, 0.15) is 33.6 Å². The van der Waals surface area contributed by atoms with Crippen LogP contribution in [0.3, 0.4) is 0 Å². The van der Waals surface area contributed by atoms with Gasteiger partial charge in [0.1, 0.15) is 0 Å². The van der Waals surface area contributed by atoms with Crippen molar-refractivity contribution in [1.29, 1.82) is 0 Å². The third kappa shape index (κ3) is 6.72. The van der Waals surface area contributed by atoms with Crippen molar-refractivity contribution >= 4 is 5.97 Å². The Labute approximate surface area is 92.3 Å². The van der Waals surface area contributed by atoms with Crippen molar-refractivity contribution < 1.29 is 9.53 Å². The van der Waals surface area contributed by atoms with Gasteiger partial charge in [0.25, 0.3) is 0 Å². The maximum absolute atomic E-state index is 10.9. The van der Waals surface area contributed by atoms with Crippen LogP contribution in [0.25, 0.3) is 0 Å². The Morgan fingerprint density at radius 3 is 2.40 bits per heavy atom. The molecule has 0 aromatic carbocycles. The molecule has 0 aromatic heterocycles. The van der Waals surface area contributed by atoms with Gasteiger partial charge in [0.05, 0.1) is 7.11 Å². The SMILES string of the molecule is C\C=C/C=C\C(C)=C(/C)CCC(=O)OC. The van der Waals surface area contributed by atoms with Gasteiger partial charge in [-0.25, -0.2) is 0 Å². The Morgan fingerprint density at radius 1 is 1.20 bits per heavy atom. The molecule has 2 nitrogen and oxygen atoms in total. The normalized spacial score (nSPS) is 13.3. The molecule has 0 heterocycles. The quantitative estimate of drug-likeness (QED) is 0.511. The first kappa shape index (κ1) is 13.7. The number of methoxy groups -OCH3 is 1. The Balaban J connectivity index is 4.20. The number of hydrogen-bond donors (Lipinski definition) is 0. The molecule has 0 saturated heterocycles. The molecule has 0 amide bonds. The van der Waals surface area contributed by atoms with E-state index in [-0.39, 0.29) is 5.97 Å². The summed E-state index contributed by atoms with van der Waals surface area (Å²) >= 11 is 0. The van der Waals surface area contributed by atoms with E-state index in [0.29, 0.717) is 6.42 Å². The third-order valence-corrected chi connectivity index (χ3v) is 2.25. The smallest absolute Gasteiger partial charge is 0.305 e. The predicted molar refractivity (Wildman–Crippen MR) is 63.6 cm³/mol. The number of rotatable bonds is 5. The Kier molecular flexibility index (Phi) is 7.33. The van der Waals surface area contributed by atoms with E-state index in [0.717, 1.165) is 6.42 Å². The van der Waals surface area contributed by atoms with Crippen LogP contribution in [0.4, 0.5) is 0 Å². The molecule has 15 heavy (non-hydrogen) atoms. The maximum Gasteiger partial charge on any atom is 0.305 e. The van der Waals surface area contributed by atoms with E-state index in [2.05, 4.69) is 4.74 Å². The molecule has 0 aliphatic rings. The van der Waals surface area contributed by atoms with Gasteiger partial charge in [0.15, 0.2) is 0 Å². The average molecular weight is 208 g/mol. The van der Waals surface area contributed by atoms with Crippen molar-refractivity contribution in [2.24, 2.45) is 0 Å². The zero-order valence-electron chi connectivity index (χ0n) is 10.0. The molecule has 0 fully saturated rings. The number of allylic oxidation sites excluding steroid dienone is 6. The Hall–Kier alpha value is -1.31. The highest BCUT2D eigenvalue weighted by atomic mass is 16.5. The van der Waals surface area contributed by atoms with Crippen LogP contribution in [-0.4, -0.2) is 13.1 Å². The van der Waals surface area contributed by atoms with Crippen LogP contribution < -0.4 is 0 Å². The van der Waals surface area contributed by atoms with Crippen molar-refractivity contribution in [3.05, 3.63) is 35.5 Å². The molecule has 0 aliphatic carbocycles. The summed E-state index contributed by atoms with van der Waals surface area (Å²) in [6.45, 7) is 6.07. The van der Waals surface area contributed by atoms with Gasteiger partial charge >= 0.3 is 5.97 Å². The topological polar surface area (TPSA) is 26.3 Å². The van der Waals surface area contributed by atoms with E-state index < -0.39 is 0 Å². The van der Waals surface area contributed by atoms with Gasteiger partial charge in [0, 0.05) is 6.42 Å². The molecule has 84 valence electrons. The van der Waals surface area contributed by atoms with Crippen molar-refractivity contribution in [2.45, 2.75) is 33.6 Å². The van der Waals surface area contributed by atoms with Crippen molar-refractivity contribution in [2.75, 3.05) is 7.11 Å². The molecule has 0 radical (unpaired) electrons. The van der Waals surface area contributed by atoms with Crippen LogP contribution in [-0.2, 0) is 9.53 Å². The van der Waals surface area contributed by atoms with Crippen molar-refractivity contribution in [3.63, 3.8) is 0 Å². The summed E-state index contributed by atoms with van der Waals surface area (Å²) in [6.07, 6.45) is 9.23. The highest BCUT2D eigenvalue weighted by Gasteiger charge is 2.01. The number of ether oxygens (including phenoxy) is 1. The van der Waals surface area contributed by atoms with Crippen LogP contribution in [0, 0.1) is 0 Å². The summed E-state index contributed by atoms with van der Waals surface area (Å²) in [5.74, 6) is -0.153. The fourth-order valence-electron chi connectivity index (χ4n) is 1.04. The molecule has 0 aliphatic heterocycles. The van der Waals surface area contributed by atoms with Gasteiger partial charge in [-0.1, -0.05) is 35.5 Å². The number of carbonyl (C=O) groups excluding carboxylic acids is 1. The molecule has 0 rings (SSSR count). The van der Waals surface area contributed by atoms with Crippen LogP contribution in [0.2, 0.25) is 0 Å². The molecule has 0 saturated carbocycles. The van der Waals surface area contributed by atoms with Crippen molar-refractivity contribution in [1.82, 2.24) is 0 Å². The maximum atomic E-state index is 10.9. The zero-order valence-corrected chi connectivity index (χ0v) is 10.0.